The largest absolute Gasteiger partial charge is 0.472 e. The minimum absolute atomic E-state index is 0.0794. The van der Waals surface area contributed by atoms with Crippen molar-refractivity contribution in [1.82, 2.24) is 0 Å². The third-order valence-corrected chi connectivity index (χ3v) is 10.2. The van der Waals surface area contributed by atoms with Gasteiger partial charge in [-0.3, -0.25) is 22.9 Å². The first-order valence-electron chi connectivity index (χ1n) is 18.8. The van der Waals surface area contributed by atoms with E-state index in [0.717, 1.165) is 25.7 Å². The van der Waals surface area contributed by atoms with Gasteiger partial charge in [0, 0.05) is 12.3 Å². The maximum absolute atomic E-state index is 13.0. The number of aliphatic hydroxyl groups is 3. The zero-order valence-electron chi connectivity index (χ0n) is 32.8. The van der Waals surface area contributed by atoms with Gasteiger partial charge in [-0.15, -0.1) is 6.42 Å². The van der Waals surface area contributed by atoms with Gasteiger partial charge in [0.1, 0.15) is 43.2 Å². The van der Waals surface area contributed by atoms with Crippen molar-refractivity contribution in [3.8, 4) is 71.5 Å². The molecule has 4 unspecified atom stereocenters. The number of carbonyl (C=O) groups excluding carboxylic acids is 2. The van der Waals surface area contributed by atoms with Gasteiger partial charge in [-0.05, 0) is 65.6 Å². The van der Waals surface area contributed by atoms with Gasteiger partial charge in [0.25, 0.3) is 0 Å². The van der Waals surface area contributed by atoms with Crippen LogP contribution in [0.2, 0.25) is 0 Å². The third-order valence-electron chi connectivity index (χ3n) is 8.14. The van der Waals surface area contributed by atoms with Crippen molar-refractivity contribution in [2.45, 2.75) is 140 Å². The van der Waals surface area contributed by atoms with Crippen LogP contribution in [-0.2, 0) is 50.9 Å². The fourth-order valence-electron chi connectivity index (χ4n) is 5.40. The molecule has 19 nitrogen and oxygen atoms in total. The van der Waals surface area contributed by atoms with E-state index >= 15 is 0 Å². The van der Waals surface area contributed by atoms with Gasteiger partial charge in [0.2, 0.25) is 0 Å². The molecule has 1 fully saturated rings. The Labute approximate surface area is 349 Å². The Morgan fingerprint density at radius 1 is 0.583 bits per heavy atom. The molecule has 1 rings (SSSR count). The van der Waals surface area contributed by atoms with E-state index in [0.29, 0.717) is 12.8 Å². The molecule has 1 saturated carbocycles. The molecule has 0 heterocycles. The fourth-order valence-corrected chi connectivity index (χ4v) is 7.50. The molecular formula is C38H51O19P3. The summed E-state index contributed by atoms with van der Waals surface area (Å²) in [4.78, 5) is 72.2. The average Bonchev–Trinajstić information content (AvgIpc) is 3.16. The Hall–Kier alpha value is -3.49. The van der Waals surface area contributed by atoms with E-state index in [4.69, 9.17) is 24.9 Å². The summed E-state index contributed by atoms with van der Waals surface area (Å²) in [5.41, 5.74) is 0. The molecule has 0 spiro atoms. The number of hydrogen-bond donors (Lipinski definition) is 8. The van der Waals surface area contributed by atoms with E-state index in [1.54, 1.807) is 0 Å². The number of esters is 2. The number of carbonyl (C=O) groups is 2. The highest BCUT2D eigenvalue weighted by Crippen LogP contribution is 2.51. The van der Waals surface area contributed by atoms with Gasteiger partial charge in [-0.25, -0.2) is 18.5 Å². The Kier molecular flexibility index (Phi) is 27.0. The lowest BCUT2D eigenvalue weighted by molar-refractivity contribution is -0.213. The van der Waals surface area contributed by atoms with Crippen molar-refractivity contribution in [3.05, 3.63) is 0 Å². The number of ether oxygens (including phenoxy) is 2. The minimum Gasteiger partial charge on any atom is -0.456 e. The SMILES string of the molecule is C#CC#CC#CC#CC#CC#CC(=O)OC[C@H](COP(=O)(O)OC1C(O)[C@H](OP(=O)(O)O)[C@@H](OP(=O)(O)O)C(O)[C@@H]1O)OC(=O)CCCCCCCCCCCCCCC. The van der Waals surface area contributed by atoms with Crippen LogP contribution in [0.1, 0.15) is 96.8 Å². The van der Waals surface area contributed by atoms with E-state index in [-0.39, 0.29) is 6.42 Å². The van der Waals surface area contributed by atoms with Crippen LogP contribution >= 0.6 is 23.5 Å². The van der Waals surface area contributed by atoms with Gasteiger partial charge in [0.05, 0.1) is 6.61 Å². The molecule has 0 bridgehead atoms. The smallest absolute Gasteiger partial charge is 0.456 e. The van der Waals surface area contributed by atoms with Crippen LogP contribution in [0.15, 0.2) is 0 Å². The number of aliphatic hydroxyl groups excluding tert-OH is 3. The summed E-state index contributed by atoms with van der Waals surface area (Å²) in [5, 5.41) is 31.6. The first-order chi connectivity index (χ1) is 28.3. The number of terminal acetylenes is 1. The maximum atomic E-state index is 13.0. The van der Waals surface area contributed by atoms with Gasteiger partial charge in [-0.2, -0.15) is 0 Å². The number of hydrogen-bond acceptors (Lipinski definition) is 14. The lowest BCUT2D eigenvalue weighted by Crippen LogP contribution is -2.65. The molecule has 0 aromatic heterocycles. The fraction of sp³-hybridized carbons (Fsp3) is 0.632. The summed E-state index contributed by atoms with van der Waals surface area (Å²) in [5.74, 6) is 22.8. The number of rotatable bonds is 26. The van der Waals surface area contributed by atoms with Gasteiger partial charge in [0.15, 0.2) is 6.10 Å². The molecule has 0 amide bonds. The highest BCUT2D eigenvalue weighted by atomic mass is 31.2. The van der Waals surface area contributed by atoms with Crippen LogP contribution in [0, 0.1) is 71.5 Å². The van der Waals surface area contributed by atoms with Crippen LogP contribution in [-0.4, -0.2) is 108 Å². The number of phosphoric acid groups is 3. The molecule has 332 valence electrons. The predicted octanol–water partition coefficient (Wildman–Crippen LogP) is 2.13. The van der Waals surface area contributed by atoms with Crippen molar-refractivity contribution in [1.29, 1.82) is 0 Å². The van der Waals surface area contributed by atoms with Gasteiger partial charge < -0.3 is 49.3 Å². The standard InChI is InChI=1S/C38H51O19P3/c1-3-5-7-9-11-13-15-16-17-19-21-23-25-27-32(40)54-30(28-52-31(39)26-24-22-20-18-14-12-10-8-6-4-2)29-53-60(50,51)57-36-33(41)34(42)37(55-58(44,45)46)38(35(36)43)56-59(47,48)49/h2,30,33-38,41-43H,3,5,7,9,11,13,15-17,19,21,23,25,27-29H2,1H3,(H,50,51)(H2,44,45,46)(H2,47,48,49)/t30-,33+,34?,35?,36?,37+,38+/m1/s1. The van der Waals surface area contributed by atoms with E-state index in [1.165, 1.54) is 44.9 Å². The van der Waals surface area contributed by atoms with Crippen LogP contribution in [0.3, 0.4) is 0 Å². The second kappa shape index (κ2) is 29.7. The molecule has 1 aliphatic rings. The first-order valence-corrected chi connectivity index (χ1v) is 23.4. The molecule has 0 saturated heterocycles. The zero-order valence-corrected chi connectivity index (χ0v) is 35.5. The molecule has 1 aliphatic carbocycles. The van der Waals surface area contributed by atoms with Crippen LogP contribution in [0.5, 0.6) is 0 Å². The summed E-state index contributed by atoms with van der Waals surface area (Å²) in [6, 6.07) is 0. The van der Waals surface area contributed by atoms with Crippen molar-refractivity contribution >= 4 is 35.4 Å². The van der Waals surface area contributed by atoms with Gasteiger partial charge in [-0.1, -0.05) is 84.0 Å². The second-order valence-corrected chi connectivity index (χ2v) is 16.8. The van der Waals surface area contributed by atoms with Crippen molar-refractivity contribution in [2.75, 3.05) is 13.2 Å². The Morgan fingerprint density at radius 2 is 1.02 bits per heavy atom. The van der Waals surface area contributed by atoms with E-state index in [9.17, 15) is 63.1 Å². The predicted molar refractivity (Wildman–Crippen MR) is 211 cm³/mol. The third kappa shape index (κ3) is 26.0. The Bertz CT molecular complexity index is 1880. The normalized spacial score (nSPS) is 21.1. The monoisotopic (exact) mass is 904 g/mol. The average molecular weight is 905 g/mol. The molecule has 8 N–H and O–H groups in total. The summed E-state index contributed by atoms with van der Waals surface area (Å²) in [6.45, 7) is 0.365. The molecular weight excluding hydrogens is 853 g/mol. The molecule has 22 heteroatoms. The highest BCUT2D eigenvalue weighted by Gasteiger charge is 2.56. The minimum atomic E-state index is -5.63. The topological polar surface area (TPSA) is 303 Å². The summed E-state index contributed by atoms with van der Waals surface area (Å²) in [6.07, 6.45) is 1.93. The lowest BCUT2D eigenvalue weighted by Gasteiger charge is -2.44. The van der Waals surface area contributed by atoms with Crippen LogP contribution < -0.4 is 0 Å². The lowest BCUT2D eigenvalue weighted by atomic mass is 9.85. The molecule has 0 aromatic carbocycles. The molecule has 8 atom stereocenters. The van der Waals surface area contributed by atoms with Crippen LogP contribution in [0.4, 0.5) is 0 Å². The van der Waals surface area contributed by atoms with Crippen molar-refractivity contribution in [3.63, 3.8) is 0 Å². The zero-order chi connectivity index (χ0) is 45.0. The number of phosphoric ester groups is 3. The maximum Gasteiger partial charge on any atom is 0.472 e. The summed E-state index contributed by atoms with van der Waals surface area (Å²) >= 11 is 0. The second-order valence-electron chi connectivity index (χ2n) is 13.0. The number of unbranched alkanes of at least 4 members (excludes halogenated alkanes) is 12. The molecule has 0 aromatic rings. The van der Waals surface area contributed by atoms with E-state index in [1.807, 2.05) is 5.92 Å². The van der Waals surface area contributed by atoms with Crippen molar-refractivity contribution < 1.29 is 90.6 Å². The summed E-state index contributed by atoms with van der Waals surface area (Å²) in [7, 11) is -16.7. The molecule has 0 aliphatic heterocycles. The Balaban J connectivity index is 2.94. The quantitative estimate of drug-likeness (QED) is 0.0203. The van der Waals surface area contributed by atoms with Crippen LogP contribution in [0.25, 0.3) is 0 Å². The highest BCUT2D eigenvalue weighted by molar-refractivity contribution is 7.47. The van der Waals surface area contributed by atoms with E-state index in [2.05, 4.69) is 75.2 Å². The molecule has 60 heavy (non-hydrogen) atoms. The van der Waals surface area contributed by atoms with E-state index < -0.39 is 91.3 Å². The van der Waals surface area contributed by atoms with Gasteiger partial charge >= 0.3 is 35.4 Å². The van der Waals surface area contributed by atoms with Crippen molar-refractivity contribution in [2.24, 2.45) is 0 Å². The summed E-state index contributed by atoms with van der Waals surface area (Å²) < 4.78 is 64.4. The Morgan fingerprint density at radius 3 is 1.50 bits per heavy atom. The first kappa shape index (κ1) is 54.5. The molecule has 0 radical (unpaired) electrons.